The molecule has 0 bridgehead atoms. The molecule has 0 unspecified atom stereocenters. The fraction of sp³-hybridized carbons (Fsp3) is 1.00. The van der Waals surface area contributed by atoms with Gasteiger partial charge in [0.05, 0.1) is 17.1 Å². The van der Waals surface area contributed by atoms with Crippen molar-refractivity contribution in [2.75, 3.05) is 10.7 Å². The van der Waals surface area contributed by atoms with Gasteiger partial charge in [0.1, 0.15) is 0 Å². The molecule has 0 aliphatic heterocycles. The second-order valence-corrected chi connectivity index (χ2v) is 3.83. The van der Waals surface area contributed by atoms with E-state index in [0.29, 0.717) is 0 Å². The molecule has 0 heterocycles. The molecule has 0 amide bonds. The number of alkyl halides is 8. The Balaban J connectivity index is 4.64. The van der Waals surface area contributed by atoms with Gasteiger partial charge in [-0.1, -0.05) is 31.9 Å². The third kappa shape index (κ3) is 3.60. The molecule has 0 N–H and O–H groups in total. The summed E-state index contributed by atoms with van der Waals surface area (Å²) in [6.07, 6.45) is -2.18. The molecular weight excluding hydrogens is 346 g/mol. The largest absolute Gasteiger partial charge is 0.319 e. The van der Waals surface area contributed by atoms with Gasteiger partial charge in [0.25, 0.3) is 5.92 Å². The minimum Gasteiger partial charge on any atom is -0.206 e. The van der Waals surface area contributed by atoms with Gasteiger partial charge in [-0.05, 0) is 0 Å². The van der Waals surface area contributed by atoms with Crippen LogP contribution in [0.1, 0.15) is 6.42 Å². The van der Waals surface area contributed by atoms with Crippen LogP contribution in [0.2, 0.25) is 0 Å². The molecule has 0 fully saturated rings. The van der Waals surface area contributed by atoms with E-state index < -0.39 is 34.8 Å². The van der Waals surface area contributed by atoms with E-state index in [0.717, 1.165) is 0 Å². The normalized spacial score (nSPS) is 14.6. The molecule has 8 heteroatoms. The average Bonchev–Trinajstić information content (AvgIpc) is 2.02. The highest BCUT2D eigenvalue weighted by molar-refractivity contribution is 9.09. The van der Waals surface area contributed by atoms with Crippen molar-refractivity contribution in [1.82, 2.24) is 0 Å². The molecule has 0 saturated carbocycles. The zero-order valence-corrected chi connectivity index (χ0v) is 9.82. The lowest BCUT2D eigenvalue weighted by Gasteiger charge is -2.27. The summed E-state index contributed by atoms with van der Waals surface area (Å²) in [4.78, 5) is 0. The molecule has 0 radical (unpaired) electrons. The lowest BCUT2D eigenvalue weighted by Crippen LogP contribution is -2.46. The molecule has 86 valence electrons. The minimum atomic E-state index is -4.73. The van der Waals surface area contributed by atoms with Crippen LogP contribution in [0.25, 0.3) is 0 Å². The Morgan fingerprint density at radius 2 is 1.14 bits per heavy atom. The molecule has 0 aliphatic carbocycles. The van der Waals surface area contributed by atoms with E-state index in [9.17, 15) is 26.3 Å². The van der Waals surface area contributed by atoms with E-state index in [4.69, 9.17) is 0 Å². The second-order valence-electron chi connectivity index (χ2n) is 2.71. The predicted molar refractivity (Wildman–Crippen MR) is 47.0 cm³/mol. The van der Waals surface area contributed by atoms with Gasteiger partial charge >= 0.3 is 11.8 Å². The fourth-order valence-electron chi connectivity index (χ4n) is 0.599. The zero-order chi connectivity index (χ0) is 11.6. The highest BCUT2D eigenvalue weighted by Gasteiger charge is 2.59. The first-order valence-electron chi connectivity index (χ1n) is 3.33. The number of hydrogen-bond acceptors (Lipinski definition) is 0. The summed E-state index contributed by atoms with van der Waals surface area (Å²) >= 11 is 4.42. The molecule has 0 atom stereocenters. The van der Waals surface area contributed by atoms with E-state index in [-0.39, 0.29) is 0 Å². The maximum absolute atomic E-state index is 12.6. The van der Waals surface area contributed by atoms with Crippen LogP contribution in [0.4, 0.5) is 26.3 Å². The Kier molecular flexibility index (Phi) is 4.77. The Bertz CT molecular complexity index is 193. The first-order valence-corrected chi connectivity index (χ1v) is 5.58. The van der Waals surface area contributed by atoms with Gasteiger partial charge in [0.2, 0.25) is 0 Å². The maximum atomic E-state index is 12.6. The van der Waals surface area contributed by atoms with Crippen molar-refractivity contribution in [3.05, 3.63) is 0 Å². The maximum Gasteiger partial charge on any atom is 0.319 e. The van der Waals surface area contributed by atoms with Crippen LogP contribution in [0.15, 0.2) is 0 Å². The van der Waals surface area contributed by atoms with Gasteiger partial charge in [-0.25, -0.2) is 8.78 Å². The average molecular weight is 352 g/mol. The molecule has 0 aromatic heterocycles. The van der Waals surface area contributed by atoms with Gasteiger partial charge in [0, 0.05) is 0 Å². The lowest BCUT2D eigenvalue weighted by molar-refractivity contribution is -0.223. The van der Waals surface area contributed by atoms with Gasteiger partial charge in [0.15, 0.2) is 0 Å². The highest BCUT2D eigenvalue weighted by atomic mass is 79.9. The van der Waals surface area contributed by atoms with Crippen molar-refractivity contribution < 1.29 is 26.3 Å². The minimum absolute atomic E-state index is 1.08. The topological polar surface area (TPSA) is 0 Å². The summed E-state index contributed by atoms with van der Waals surface area (Å²) in [6.45, 7) is 0. The standard InChI is InChI=1S/C6H6Br2F6/c7-2-4(9,10)1-5(11,12)6(13,14)3-8/h1-3H2. The van der Waals surface area contributed by atoms with Gasteiger partial charge < -0.3 is 0 Å². The summed E-state index contributed by atoms with van der Waals surface area (Å²) in [5, 5.41) is -2.43. The van der Waals surface area contributed by atoms with Crippen molar-refractivity contribution >= 4 is 31.9 Å². The molecule has 0 rings (SSSR count). The van der Waals surface area contributed by atoms with Crippen LogP contribution in [0, 0.1) is 0 Å². The molecule has 0 aromatic carbocycles. The lowest BCUT2D eigenvalue weighted by atomic mass is 10.1. The van der Waals surface area contributed by atoms with Crippen molar-refractivity contribution in [3.8, 4) is 0 Å². The number of hydrogen-bond donors (Lipinski definition) is 0. The molecular formula is C6H6Br2F6. The van der Waals surface area contributed by atoms with Crippen LogP contribution in [-0.4, -0.2) is 28.4 Å². The van der Waals surface area contributed by atoms with Crippen molar-refractivity contribution in [2.45, 2.75) is 24.2 Å². The SMILES string of the molecule is FC(F)(CBr)CC(F)(F)C(F)(F)CBr. The Hall–Kier alpha value is 0.540. The van der Waals surface area contributed by atoms with E-state index in [2.05, 4.69) is 31.9 Å². The van der Waals surface area contributed by atoms with Crippen molar-refractivity contribution in [1.29, 1.82) is 0 Å². The summed E-state index contributed by atoms with van der Waals surface area (Å²) in [7, 11) is 0. The Morgan fingerprint density at radius 1 is 0.714 bits per heavy atom. The third-order valence-corrected chi connectivity index (χ3v) is 2.90. The van der Waals surface area contributed by atoms with Crippen LogP contribution < -0.4 is 0 Å². The van der Waals surface area contributed by atoms with Crippen LogP contribution in [-0.2, 0) is 0 Å². The first kappa shape index (κ1) is 14.5. The third-order valence-electron chi connectivity index (χ3n) is 1.38. The molecule has 0 aliphatic rings. The zero-order valence-electron chi connectivity index (χ0n) is 6.65. The quantitative estimate of drug-likeness (QED) is 0.517. The summed E-state index contributed by atoms with van der Waals surface area (Å²) in [5.41, 5.74) is 0. The number of rotatable bonds is 5. The first-order chi connectivity index (χ1) is 6.08. The second kappa shape index (κ2) is 4.59. The van der Waals surface area contributed by atoms with Crippen LogP contribution in [0.3, 0.4) is 0 Å². The summed E-state index contributed by atoms with van der Waals surface area (Å²) < 4.78 is 75.0. The predicted octanol–water partition coefficient (Wildman–Crippen LogP) is 4.07. The van der Waals surface area contributed by atoms with E-state index in [1.807, 2.05) is 0 Å². The van der Waals surface area contributed by atoms with Crippen LogP contribution >= 0.6 is 31.9 Å². The van der Waals surface area contributed by atoms with Crippen molar-refractivity contribution in [2.24, 2.45) is 0 Å². The smallest absolute Gasteiger partial charge is 0.206 e. The van der Waals surface area contributed by atoms with E-state index >= 15 is 0 Å². The van der Waals surface area contributed by atoms with Gasteiger partial charge in [-0.3, -0.25) is 0 Å². The van der Waals surface area contributed by atoms with Crippen LogP contribution in [0.5, 0.6) is 0 Å². The molecule has 14 heavy (non-hydrogen) atoms. The number of halogens is 8. The molecule has 0 nitrogen and oxygen atoms in total. The van der Waals surface area contributed by atoms with Crippen molar-refractivity contribution in [3.63, 3.8) is 0 Å². The molecule has 0 aromatic rings. The summed E-state index contributed by atoms with van der Waals surface area (Å²) in [6, 6.07) is 0. The fourth-order valence-corrected chi connectivity index (χ4v) is 1.21. The molecule has 0 spiro atoms. The van der Waals surface area contributed by atoms with Gasteiger partial charge in [-0.15, -0.1) is 0 Å². The van der Waals surface area contributed by atoms with E-state index in [1.165, 1.54) is 0 Å². The van der Waals surface area contributed by atoms with Gasteiger partial charge in [-0.2, -0.15) is 17.6 Å². The summed E-state index contributed by atoms with van der Waals surface area (Å²) in [5.74, 6) is -13.1. The Morgan fingerprint density at radius 3 is 1.43 bits per heavy atom. The van der Waals surface area contributed by atoms with E-state index in [1.54, 1.807) is 0 Å². The highest BCUT2D eigenvalue weighted by Crippen LogP contribution is 2.43. The Labute approximate surface area is 93.3 Å². The monoisotopic (exact) mass is 350 g/mol. The molecule has 0 saturated heterocycles.